The molecule has 0 aliphatic heterocycles. The molecule has 13 heavy (non-hydrogen) atoms. The number of ketones is 2. The monoisotopic (exact) mass is 170 g/mol. The van der Waals surface area contributed by atoms with Gasteiger partial charge in [0.25, 0.3) is 0 Å². The van der Waals surface area contributed by atoms with Crippen LogP contribution in [0.3, 0.4) is 0 Å². The van der Waals surface area contributed by atoms with Gasteiger partial charge >= 0.3 is 0 Å². The minimum Gasteiger partial charge on any atom is -0.294 e. The number of hydrogen-bond donors (Lipinski definition) is 0. The molecule has 0 atom stereocenters. The molecule has 0 saturated heterocycles. The molecule has 1 aliphatic carbocycles. The first-order chi connectivity index (χ1) is 6.18. The highest BCUT2D eigenvalue weighted by Crippen LogP contribution is 2.19. The summed E-state index contributed by atoms with van der Waals surface area (Å²) in [6, 6.07) is 4.86. The van der Waals surface area contributed by atoms with Gasteiger partial charge in [0.15, 0.2) is 11.6 Å². The summed E-state index contributed by atoms with van der Waals surface area (Å²) in [5.74, 6) is 0.0523. The molecule has 0 fully saturated rings. The van der Waals surface area contributed by atoms with E-state index in [1.807, 2.05) is 0 Å². The largest absolute Gasteiger partial charge is 0.294 e. The molecule has 1 aromatic rings. The maximum absolute atomic E-state index is 11.4. The average molecular weight is 170 g/mol. The molecule has 3 heteroatoms. The SMILES string of the molecule is [B]c1ccc2c(c1)C(=O)CCC2=O. The molecule has 0 amide bonds. The smallest absolute Gasteiger partial charge is 0.164 e. The second-order valence-electron chi connectivity index (χ2n) is 3.15. The lowest BCUT2D eigenvalue weighted by molar-refractivity contribution is 0.0890. The second kappa shape index (κ2) is 2.84. The van der Waals surface area contributed by atoms with E-state index in [1.54, 1.807) is 18.2 Å². The number of Topliss-reactive ketones (excluding diaryl/α,β-unsaturated/α-hetero) is 2. The Morgan fingerprint density at radius 3 is 2.31 bits per heavy atom. The van der Waals surface area contributed by atoms with Crippen molar-refractivity contribution in [3.63, 3.8) is 0 Å². The minimum absolute atomic E-state index is 0.0156. The van der Waals surface area contributed by atoms with E-state index in [0.29, 0.717) is 29.4 Å². The molecule has 0 N–H and O–H groups in total. The zero-order chi connectivity index (χ0) is 9.42. The number of benzene rings is 1. The number of carbonyl (C=O) groups excluding carboxylic acids is 2. The predicted octanol–water partition coefficient (Wildman–Crippen LogP) is 0.640. The van der Waals surface area contributed by atoms with Crippen molar-refractivity contribution in [2.24, 2.45) is 0 Å². The molecule has 0 heterocycles. The molecular formula is C10H7BO2. The van der Waals surface area contributed by atoms with Gasteiger partial charge in [-0.15, -0.1) is 0 Å². The molecule has 2 nitrogen and oxygen atoms in total. The lowest BCUT2D eigenvalue weighted by Gasteiger charge is -2.13. The fourth-order valence-corrected chi connectivity index (χ4v) is 1.53. The molecule has 2 radical (unpaired) electrons. The van der Waals surface area contributed by atoms with Crippen LogP contribution in [-0.2, 0) is 0 Å². The van der Waals surface area contributed by atoms with Crippen LogP contribution in [0, 0.1) is 0 Å². The zero-order valence-corrected chi connectivity index (χ0v) is 7.04. The van der Waals surface area contributed by atoms with Gasteiger partial charge in [-0.2, -0.15) is 0 Å². The zero-order valence-electron chi connectivity index (χ0n) is 7.04. The van der Waals surface area contributed by atoms with Crippen LogP contribution in [0.5, 0.6) is 0 Å². The highest BCUT2D eigenvalue weighted by molar-refractivity contribution is 6.33. The first-order valence-electron chi connectivity index (χ1n) is 4.14. The Morgan fingerprint density at radius 1 is 1.00 bits per heavy atom. The lowest BCUT2D eigenvalue weighted by atomic mass is 9.84. The molecule has 62 valence electrons. The summed E-state index contributed by atoms with van der Waals surface area (Å²) in [6.07, 6.45) is 0.644. The van der Waals surface area contributed by atoms with Crippen LogP contribution in [0.1, 0.15) is 33.6 Å². The van der Waals surface area contributed by atoms with Crippen LogP contribution in [0.15, 0.2) is 18.2 Å². The highest BCUT2D eigenvalue weighted by atomic mass is 16.1. The summed E-state index contributed by atoms with van der Waals surface area (Å²) in [6.45, 7) is 0. The third-order valence-corrected chi connectivity index (χ3v) is 2.22. The quantitative estimate of drug-likeness (QED) is 0.535. The Labute approximate surface area is 77.4 Å². The number of hydrogen-bond acceptors (Lipinski definition) is 2. The van der Waals surface area contributed by atoms with Crippen LogP contribution in [0.4, 0.5) is 0 Å². The van der Waals surface area contributed by atoms with Crippen molar-refractivity contribution in [3.05, 3.63) is 29.3 Å². The summed E-state index contributed by atoms with van der Waals surface area (Å²) < 4.78 is 0. The third kappa shape index (κ3) is 1.30. The van der Waals surface area contributed by atoms with Crippen molar-refractivity contribution >= 4 is 24.9 Å². The summed E-state index contributed by atoms with van der Waals surface area (Å²) in [7, 11) is 5.53. The van der Waals surface area contributed by atoms with E-state index in [9.17, 15) is 9.59 Å². The minimum atomic E-state index is 0.0156. The van der Waals surface area contributed by atoms with E-state index >= 15 is 0 Å². The van der Waals surface area contributed by atoms with Gasteiger partial charge in [-0.05, 0) is 0 Å². The Kier molecular flexibility index (Phi) is 1.80. The topological polar surface area (TPSA) is 34.1 Å². The Morgan fingerprint density at radius 2 is 1.62 bits per heavy atom. The molecule has 0 aromatic heterocycles. The van der Waals surface area contributed by atoms with E-state index in [-0.39, 0.29) is 11.6 Å². The third-order valence-electron chi connectivity index (χ3n) is 2.22. The van der Waals surface area contributed by atoms with Crippen molar-refractivity contribution in [1.82, 2.24) is 0 Å². The number of fused-ring (bicyclic) bond motifs is 1. The van der Waals surface area contributed by atoms with Gasteiger partial charge < -0.3 is 0 Å². The number of carbonyl (C=O) groups is 2. The summed E-state index contributed by atoms with van der Waals surface area (Å²) in [5, 5.41) is 0. The molecule has 0 saturated carbocycles. The van der Waals surface area contributed by atoms with Crippen molar-refractivity contribution in [3.8, 4) is 0 Å². The van der Waals surface area contributed by atoms with Crippen molar-refractivity contribution in [2.75, 3.05) is 0 Å². The van der Waals surface area contributed by atoms with E-state index in [1.165, 1.54) is 0 Å². The molecule has 1 aromatic carbocycles. The van der Waals surface area contributed by atoms with Crippen LogP contribution in [0.25, 0.3) is 0 Å². The fraction of sp³-hybridized carbons (Fsp3) is 0.200. The Hall–Kier alpha value is -1.38. The van der Waals surface area contributed by atoms with Gasteiger partial charge in [-0.1, -0.05) is 23.7 Å². The Balaban J connectivity index is 2.63. The molecule has 2 rings (SSSR count). The van der Waals surface area contributed by atoms with Gasteiger partial charge in [-0.3, -0.25) is 9.59 Å². The first kappa shape index (κ1) is 8.23. The van der Waals surface area contributed by atoms with Crippen LogP contribution < -0.4 is 5.46 Å². The molecule has 0 bridgehead atoms. The standard InChI is InChI=1S/C10H7BO2/c11-6-1-2-7-8(5-6)10(13)4-3-9(7)12/h1-2,5H,3-4H2. The highest BCUT2D eigenvalue weighted by Gasteiger charge is 2.22. The fourth-order valence-electron chi connectivity index (χ4n) is 1.53. The Bertz CT molecular complexity index is 396. The van der Waals surface area contributed by atoms with Gasteiger partial charge in [0.2, 0.25) is 0 Å². The normalized spacial score (nSPS) is 15.7. The van der Waals surface area contributed by atoms with Crippen molar-refractivity contribution < 1.29 is 9.59 Å². The molecule has 1 aliphatic rings. The van der Waals surface area contributed by atoms with Gasteiger partial charge in [0.05, 0.1) is 0 Å². The van der Waals surface area contributed by atoms with E-state index in [4.69, 9.17) is 7.85 Å². The van der Waals surface area contributed by atoms with Crippen molar-refractivity contribution in [2.45, 2.75) is 12.8 Å². The lowest BCUT2D eigenvalue weighted by Crippen LogP contribution is -2.19. The summed E-state index contributed by atoms with van der Waals surface area (Å²) >= 11 is 0. The van der Waals surface area contributed by atoms with Gasteiger partial charge in [-0.25, -0.2) is 0 Å². The predicted molar refractivity (Wildman–Crippen MR) is 49.7 cm³/mol. The number of rotatable bonds is 0. The van der Waals surface area contributed by atoms with E-state index in [0.717, 1.165) is 0 Å². The van der Waals surface area contributed by atoms with Crippen LogP contribution >= 0.6 is 0 Å². The molecule has 0 spiro atoms. The maximum Gasteiger partial charge on any atom is 0.164 e. The van der Waals surface area contributed by atoms with E-state index < -0.39 is 0 Å². The summed E-state index contributed by atoms with van der Waals surface area (Å²) in [5.41, 5.74) is 1.53. The van der Waals surface area contributed by atoms with E-state index in [2.05, 4.69) is 0 Å². The first-order valence-corrected chi connectivity index (χ1v) is 4.14. The van der Waals surface area contributed by atoms with Gasteiger partial charge in [0, 0.05) is 24.0 Å². The average Bonchev–Trinajstić information content (AvgIpc) is 2.12. The molecule has 0 unspecified atom stereocenters. The van der Waals surface area contributed by atoms with Crippen molar-refractivity contribution in [1.29, 1.82) is 0 Å². The van der Waals surface area contributed by atoms with Crippen LogP contribution in [0.2, 0.25) is 0 Å². The molecular weight excluding hydrogens is 163 g/mol. The second-order valence-corrected chi connectivity index (χ2v) is 3.15. The van der Waals surface area contributed by atoms with Gasteiger partial charge in [0.1, 0.15) is 7.85 Å². The van der Waals surface area contributed by atoms with Crippen LogP contribution in [-0.4, -0.2) is 19.4 Å². The maximum atomic E-state index is 11.4. The summed E-state index contributed by atoms with van der Waals surface area (Å²) in [4.78, 5) is 22.7.